The second-order valence-corrected chi connectivity index (χ2v) is 11.1. The van der Waals surface area contributed by atoms with Crippen molar-refractivity contribution < 1.29 is 33.3 Å². The van der Waals surface area contributed by atoms with Gasteiger partial charge < -0.3 is 23.7 Å². The van der Waals surface area contributed by atoms with Crippen molar-refractivity contribution in [2.75, 3.05) is 27.9 Å². The van der Waals surface area contributed by atoms with E-state index in [2.05, 4.69) is 0 Å². The molecule has 2 aliphatic rings. The van der Waals surface area contributed by atoms with Crippen LogP contribution in [0.4, 0.5) is 0 Å². The Balaban J connectivity index is 1.54. The summed E-state index contributed by atoms with van der Waals surface area (Å²) in [5.41, 5.74) is 4.31. The predicted octanol–water partition coefficient (Wildman–Crippen LogP) is 6.82. The number of nitrogens with zero attached hydrogens (tertiary/aromatic N) is 1. The lowest BCUT2D eigenvalue weighted by molar-refractivity contribution is -0.140. The number of carbonyl (C=O) groups is 2. The number of fused-ring (bicyclic) bond motifs is 1. The Morgan fingerprint density at radius 2 is 1.48 bits per heavy atom. The zero-order chi connectivity index (χ0) is 31.2. The van der Waals surface area contributed by atoms with Crippen LogP contribution in [-0.2, 0) is 20.9 Å². The van der Waals surface area contributed by atoms with Gasteiger partial charge in [-0.25, -0.2) is 4.79 Å². The molecule has 0 amide bonds. The number of ketones is 1. The van der Waals surface area contributed by atoms with Crippen molar-refractivity contribution >= 4 is 17.5 Å². The van der Waals surface area contributed by atoms with Crippen LogP contribution in [0, 0.1) is 5.92 Å². The van der Waals surface area contributed by atoms with Gasteiger partial charge in [-0.3, -0.25) is 9.79 Å². The van der Waals surface area contributed by atoms with Crippen LogP contribution in [0.5, 0.6) is 23.0 Å². The molecule has 8 nitrogen and oxygen atoms in total. The second-order valence-electron chi connectivity index (χ2n) is 11.1. The van der Waals surface area contributed by atoms with Crippen LogP contribution >= 0.6 is 0 Å². The normalized spacial score (nSPS) is 19.5. The minimum Gasteiger partial charge on any atom is -0.493 e. The van der Waals surface area contributed by atoms with E-state index < -0.39 is 17.8 Å². The van der Waals surface area contributed by atoms with E-state index in [9.17, 15) is 9.59 Å². The molecule has 0 bridgehead atoms. The Bertz CT molecular complexity index is 1580. The first kappa shape index (κ1) is 30.9. The fourth-order valence-corrected chi connectivity index (χ4v) is 6.15. The Hall–Kier alpha value is -4.59. The minimum atomic E-state index is -0.610. The summed E-state index contributed by atoms with van der Waals surface area (Å²) in [5, 5.41) is 0. The molecule has 1 heterocycles. The van der Waals surface area contributed by atoms with Gasteiger partial charge in [0.15, 0.2) is 23.0 Å². The molecule has 0 saturated heterocycles. The highest BCUT2D eigenvalue weighted by Gasteiger charge is 2.46. The monoisotopic (exact) mass is 597 g/mol. The first-order chi connectivity index (χ1) is 21.4. The first-order valence-corrected chi connectivity index (χ1v) is 14.9. The number of Topliss-reactive ketones (excluding diaryl/α,β-unsaturated/α-hetero) is 1. The minimum absolute atomic E-state index is 0.0194. The summed E-state index contributed by atoms with van der Waals surface area (Å²) < 4.78 is 28.3. The lowest BCUT2D eigenvalue weighted by Gasteiger charge is -2.38. The van der Waals surface area contributed by atoms with Crippen LogP contribution in [-0.4, -0.2) is 45.4 Å². The second kappa shape index (κ2) is 13.8. The fraction of sp³-hybridized carbons (Fsp3) is 0.361. The van der Waals surface area contributed by atoms with Gasteiger partial charge in [0.2, 0.25) is 0 Å². The summed E-state index contributed by atoms with van der Waals surface area (Å²) in [4.78, 5) is 32.8. The number of hydrogen-bond acceptors (Lipinski definition) is 8. The molecule has 0 aromatic heterocycles. The predicted molar refractivity (Wildman–Crippen MR) is 168 cm³/mol. The lowest BCUT2D eigenvalue weighted by atomic mass is 9.66. The number of benzene rings is 3. The number of ether oxygens (including phenoxy) is 5. The van der Waals surface area contributed by atoms with Crippen molar-refractivity contribution in [2.45, 2.75) is 51.6 Å². The van der Waals surface area contributed by atoms with Crippen molar-refractivity contribution in [3.8, 4) is 23.0 Å². The topological polar surface area (TPSA) is 92.7 Å². The number of carbonyl (C=O) groups excluding carboxylic acids is 2. The molecule has 3 aromatic carbocycles. The van der Waals surface area contributed by atoms with E-state index in [4.69, 9.17) is 28.7 Å². The smallest absolute Gasteiger partial charge is 0.336 e. The summed E-state index contributed by atoms with van der Waals surface area (Å²) >= 11 is 0. The van der Waals surface area contributed by atoms with Gasteiger partial charge in [0.05, 0.1) is 39.4 Å². The van der Waals surface area contributed by atoms with E-state index in [1.807, 2.05) is 80.6 Å². The van der Waals surface area contributed by atoms with Gasteiger partial charge in [0.1, 0.15) is 12.4 Å². The maximum Gasteiger partial charge on any atom is 0.336 e. The average Bonchev–Trinajstić information content (AvgIpc) is 3.05. The van der Waals surface area contributed by atoms with Crippen LogP contribution in [0.3, 0.4) is 0 Å². The van der Waals surface area contributed by atoms with Crippen molar-refractivity contribution in [1.82, 2.24) is 0 Å². The third kappa shape index (κ3) is 6.34. The number of methoxy groups -OCH3 is 3. The molecule has 44 heavy (non-hydrogen) atoms. The molecule has 1 fully saturated rings. The molecule has 3 atom stereocenters. The summed E-state index contributed by atoms with van der Waals surface area (Å²) in [5.74, 6) is 0.646. The Kier molecular flexibility index (Phi) is 9.68. The van der Waals surface area contributed by atoms with Crippen molar-refractivity contribution in [3.63, 3.8) is 0 Å². The van der Waals surface area contributed by atoms with E-state index in [1.165, 1.54) is 0 Å². The molecule has 1 aliphatic carbocycles. The van der Waals surface area contributed by atoms with Crippen LogP contribution < -0.4 is 18.9 Å². The standard InChI is InChI=1S/C36H39NO7/c1-6-16-43-30-15-13-25(20-32(30)42-5)34-33(36(39)44-21-23-10-8-7-9-11-23)22(2)37-27-17-26(18-28(38)35(27)34)24-12-14-29(40-3)31(19-24)41-4/h7-15,19-20,26,34-35H,6,16-18,21H2,1-5H3/t26-,34-,35?/m1/s1. The third-order valence-corrected chi connectivity index (χ3v) is 8.27. The van der Waals surface area contributed by atoms with E-state index >= 15 is 0 Å². The number of rotatable bonds is 11. The molecule has 5 rings (SSSR count). The van der Waals surface area contributed by atoms with Crippen LogP contribution in [0.2, 0.25) is 0 Å². The molecular weight excluding hydrogens is 558 g/mol. The highest BCUT2D eigenvalue weighted by molar-refractivity contribution is 6.12. The maximum absolute atomic E-state index is 14.1. The van der Waals surface area contributed by atoms with Gasteiger partial charge >= 0.3 is 5.97 Å². The van der Waals surface area contributed by atoms with E-state index in [0.717, 1.165) is 28.8 Å². The van der Waals surface area contributed by atoms with E-state index in [-0.39, 0.29) is 18.3 Å². The average molecular weight is 598 g/mol. The fourth-order valence-electron chi connectivity index (χ4n) is 6.15. The quantitative estimate of drug-likeness (QED) is 0.224. The van der Waals surface area contributed by atoms with Crippen LogP contribution in [0.1, 0.15) is 61.6 Å². The highest BCUT2D eigenvalue weighted by atomic mass is 16.5. The molecular formula is C36H39NO7. The number of aliphatic imine (C=N–C) groups is 1. The lowest BCUT2D eigenvalue weighted by Crippen LogP contribution is -2.41. The van der Waals surface area contributed by atoms with Gasteiger partial charge in [0, 0.05) is 23.7 Å². The summed E-state index contributed by atoms with van der Waals surface area (Å²) in [6.45, 7) is 4.52. The Morgan fingerprint density at radius 3 is 2.18 bits per heavy atom. The van der Waals surface area contributed by atoms with E-state index in [0.29, 0.717) is 53.7 Å². The zero-order valence-corrected chi connectivity index (χ0v) is 25.9. The number of allylic oxidation sites excluding steroid dienone is 1. The molecule has 8 heteroatoms. The van der Waals surface area contributed by atoms with Gasteiger partial charge in [-0.15, -0.1) is 0 Å². The molecule has 1 unspecified atom stereocenters. The van der Waals surface area contributed by atoms with Crippen molar-refractivity contribution in [1.29, 1.82) is 0 Å². The Labute approximate surface area is 258 Å². The highest BCUT2D eigenvalue weighted by Crippen LogP contribution is 2.48. The maximum atomic E-state index is 14.1. The van der Waals surface area contributed by atoms with E-state index in [1.54, 1.807) is 21.3 Å². The van der Waals surface area contributed by atoms with Gasteiger partial charge in [-0.2, -0.15) is 0 Å². The zero-order valence-electron chi connectivity index (χ0n) is 25.9. The Morgan fingerprint density at radius 1 is 0.818 bits per heavy atom. The largest absolute Gasteiger partial charge is 0.493 e. The van der Waals surface area contributed by atoms with Crippen molar-refractivity contribution in [2.24, 2.45) is 10.9 Å². The molecule has 3 aromatic rings. The van der Waals surface area contributed by atoms with Gasteiger partial charge in [-0.05, 0) is 66.6 Å². The van der Waals surface area contributed by atoms with Crippen LogP contribution in [0.25, 0.3) is 0 Å². The van der Waals surface area contributed by atoms with Crippen molar-refractivity contribution in [3.05, 3.63) is 94.7 Å². The SMILES string of the molecule is CCCOc1ccc([C@@H]2C(C(=O)OCc3ccccc3)=C(C)N=C3C[C@@H](c4ccc(OC)c(OC)c4)CC(=O)C32)cc1OC. The number of esters is 1. The molecule has 0 radical (unpaired) electrons. The van der Waals surface area contributed by atoms with Crippen LogP contribution in [0.15, 0.2) is 83.0 Å². The summed E-state index contributed by atoms with van der Waals surface area (Å²) in [6.07, 6.45) is 1.72. The molecule has 230 valence electrons. The summed E-state index contributed by atoms with van der Waals surface area (Å²) in [6, 6.07) is 20.9. The third-order valence-electron chi connectivity index (χ3n) is 8.27. The molecule has 0 N–H and O–H groups in total. The van der Waals surface area contributed by atoms with Gasteiger partial charge in [0.25, 0.3) is 0 Å². The number of hydrogen-bond donors (Lipinski definition) is 0. The molecule has 0 spiro atoms. The molecule has 1 aliphatic heterocycles. The summed E-state index contributed by atoms with van der Waals surface area (Å²) in [7, 11) is 4.78. The van der Waals surface area contributed by atoms with Gasteiger partial charge in [-0.1, -0.05) is 49.4 Å². The first-order valence-electron chi connectivity index (χ1n) is 14.9. The molecule has 1 saturated carbocycles.